The summed E-state index contributed by atoms with van der Waals surface area (Å²) in [6.07, 6.45) is 2.83. The molecule has 6 aromatic rings. The third-order valence-electron chi connectivity index (χ3n) is 9.83. The van der Waals surface area contributed by atoms with Crippen molar-refractivity contribution in [2.24, 2.45) is 0 Å². The van der Waals surface area contributed by atoms with Crippen molar-refractivity contribution in [3.63, 3.8) is 0 Å². The number of hydrogen-bond donors (Lipinski definition) is 1. The first-order valence-corrected chi connectivity index (χ1v) is 23.3. The molecule has 1 atom stereocenters. The van der Waals surface area contributed by atoms with Crippen molar-refractivity contribution < 1.29 is 91.3 Å². The van der Waals surface area contributed by atoms with E-state index in [4.69, 9.17) is 46.8 Å². The van der Waals surface area contributed by atoms with Crippen LogP contribution in [-0.2, 0) is 9.47 Å². The van der Waals surface area contributed by atoms with Crippen molar-refractivity contribution in [3.8, 4) is 22.6 Å². The number of nitrogens with zero attached hydrogens (tertiary/aromatic N) is 3. The van der Waals surface area contributed by atoms with Gasteiger partial charge in [-0.2, -0.15) is 0 Å². The van der Waals surface area contributed by atoms with E-state index in [1.165, 1.54) is 61.7 Å². The van der Waals surface area contributed by atoms with Crippen molar-refractivity contribution >= 4 is 108 Å². The Hall–Kier alpha value is -3.75. The number of carbonyl (C=O) groups excluding carboxylic acids is 3. The monoisotopic (exact) mass is 1200 g/mol. The number of nitro benzene ring substituents is 2. The van der Waals surface area contributed by atoms with Crippen LogP contribution in [0, 0.1) is 20.2 Å². The predicted molar refractivity (Wildman–Crippen MR) is 272 cm³/mol. The van der Waals surface area contributed by atoms with Crippen LogP contribution in [0.5, 0.6) is 0 Å². The molecule has 0 saturated carbocycles. The molecule has 2 aromatic heterocycles. The number of nitro groups is 2. The molecule has 23 heteroatoms. The molecule has 1 unspecified atom stereocenters. The number of aliphatic hydroxyl groups excluding tert-OH is 1. The number of aliphatic hydroxyl groups is 1. The second-order valence-corrected chi connectivity index (χ2v) is 18.7. The third-order valence-corrected chi connectivity index (χ3v) is 11.3. The zero-order chi connectivity index (χ0) is 50.3. The van der Waals surface area contributed by atoms with E-state index in [9.17, 15) is 39.7 Å². The minimum absolute atomic E-state index is 0. The standard InChI is InChI=1S/C20H15BrClNO6.C13H11ClO3.C9H18N.C7H4BrNO3.2ClH.Li.Mg/c1-2-28-20(25)19-15(10-17(29-19)11-3-6-13(22)7-4-11)18(24)14-9-12(21)5-8-16(14)23(26)27;1-2-16-13(15)12-8-7-11(17-12)9-3-5-10(14)6-4-9;1-8(2)6-5-7-9(3,4)10-8;8-6-1-2-7(9(11)12)5(3-6)4-10;;;;/h3-10,18,24H,2H2,1H3;3-8H,2H2,1H3;5-7H2,1-4H3;1-4H;2*1H;;/q;;-1;;;;+1;+2/p-2. The summed E-state index contributed by atoms with van der Waals surface area (Å²) in [5.41, 5.74) is 1.65. The summed E-state index contributed by atoms with van der Waals surface area (Å²) >= 11 is 18.0. The number of carbonyl (C=O) groups is 3. The molecule has 1 saturated heterocycles. The Balaban J connectivity index is 0.00000100. The van der Waals surface area contributed by atoms with Crippen molar-refractivity contribution in [2.45, 2.75) is 78.0 Å². The fraction of sp³-hybridized carbons (Fsp3) is 0.286. The van der Waals surface area contributed by atoms with Crippen LogP contribution in [0.2, 0.25) is 10.0 Å². The average molecular weight is 1200 g/mol. The Morgan fingerprint density at radius 3 is 1.65 bits per heavy atom. The number of furan rings is 2. The van der Waals surface area contributed by atoms with Crippen LogP contribution < -0.4 is 43.7 Å². The first-order valence-electron chi connectivity index (χ1n) is 20.9. The maximum Gasteiger partial charge on any atom is 2.00 e. The number of hydrogen-bond acceptors (Lipinski definition) is 12. The Labute approximate surface area is 484 Å². The van der Waals surface area contributed by atoms with E-state index in [1.54, 1.807) is 62.4 Å². The number of rotatable bonds is 11. The van der Waals surface area contributed by atoms with Gasteiger partial charge in [0.05, 0.1) is 34.2 Å². The molecule has 0 spiro atoms. The van der Waals surface area contributed by atoms with Crippen LogP contribution in [0.25, 0.3) is 28.0 Å². The number of ether oxygens (including phenoxy) is 2. The molecule has 1 aliphatic heterocycles. The SMILES string of the molecule is CC1(C)CCCC(C)(C)[N-]1.CCOC(=O)c1ccc(-c2ccc(Cl)cc2)o1.CCOC(=O)c1oc(-c2ccc(Cl)cc2)cc1C(O)c1cc(Br)ccc1[N+](=O)[O-].O=Cc1cc(Br)ccc1[N+](=O)[O-].[Cl-].[Cl-].[Li+].[Mg+2]. The minimum atomic E-state index is -1.49. The van der Waals surface area contributed by atoms with E-state index in [1.807, 2.05) is 12.1 Å². The van der Waals surface area contributed by atoms with Crippen LogP contribution >= 0.6 is 55.1 Å². The van der Waals surface area contributed by atoms with E-state index in [-0.39, 0.29) is 130 Å². The van der Waals surface area contributed by atoms with Crippen molar-refractivity contribution in [1.29, 1.82) is 0 Å². The molecule has 0 radical (unpaired) electrons. The quantitative estimate of drug-likeness (QED) is 0.0582. The summed E-state index contributed by atoms with van der Waals surface area (Å²) in [5, 5.41) is 38.6. The van der Waals surface area contributed by atoms with E-state index in [0.717, 1.165) is 5.56 Å². The van der Waals surface area contributed by atoms with Crippen LogP contribution in [0.15, 0.2) is 121 Å². The molecule has 1 fully saturated rings. The van der Waals surface area contributed by atoms with Gasteiger partial charge in [0.25, 0.3) is 11.4 Å². The van der Waals surface area contributed by atoms with Gasteiger partial charge < -0.3 is 53.5 Å². The van der Waals surface area contributed by atoms with Gasteiger partial charge in [0.2, 0.25) is 11.5 Å². The summed E-state index contributed by atoms with van der Waals surface area (Å²) in [5.74, 6) is -0.344. The number of piperidine rings is 1. The Bertz CT molecular complexity index is 2710. The summed E-state index contributed by atoms with van der Waals surface area (Å²) < 4.78 is 22.1. The molecule has 0 aliphatic carbocycles. The van der Waals surface area contributed by atoms with Gasteiger partial charge in [0, 0.05) is 47.8 Å². The largest absolute Gasteiger partial charge is 2.00 e. The van der Waals surface area contributed by atoms with Crippen molar-refractivity contribution in [2.75, 3.05) is 13.2 Å². The van der Waals surface area contributed by atoms with Gasteiger partial charge in [-0.1, -0.05) is 102 Å². The molecule has 3 heterocycles. The second-order valence-electron chi connectivity index (χ2n) is 16.0. The van der Waals surface area contributed by atoms with Gasteiger partial charge in [0.15, 0.2) is 6.29 Å². The van der Waals surface area contributed by atoms with E-state index < -0.39 is 27.9 Å². The van der Waals surface area contributed by atoms with Crippen LogP contribution in [0.3, 0.4) is 0 Å². The van der Waals surface area contributed by atoms with Crippen LogP contribution in [-0.4, -0.2) is 80.5 Å². The van der Waals surface area contributed by atoms with Crippen molar-refractivity contribution in [3.05, 3.63) is 176 Å². The fourth-order valence-corrected chi connectivity index (χ4v) is 7.90. The van der Waals surface area contributed by atoms with Gasteiger partial charge in [-0.05, 0) is 105 Å². The first-order chi connectivity index (χ1) is 32.1. The molecular weight excluding hydrogens is 1160 g/mol. The van der Waals surface area contributed by atoms with Crippen molar-refractivity contribution in [1.82, 2.24) is 0 Å². The van der Waals surface area contributed by atoms with E-state index in [0.29, 0.717) is 43.2 Å². The van der Waals surface area contributed by atoms with Gasteiger partial charge >= 0.3 is 53.9 Å². The second kappa shape index (κ2) is 31.9. The van der Waals surface area contributed by atoms with Gasteiger partial charge in [0.1, 0.15) is 17.6 Å². The summed E-state index contributed by atoms with van der Waals surface area (Å²) in [4.78, 5) is 54.7. The van der Waals surface area contributed by atoms with Gasteiger partial charge in [-0.25, -0.2) is 9.59 Å². The van der Waals surface area contributed by atoms with Gasteiger partial charge in [-0.3, -0.25) is 25.0 Å². The first kappa shape index (κ1) is 68.3. The molecule has 72 heavy (non-hydrogen) atoms. The normalized spacial score (nSPS) is 12.9. The van der Waals surface area contributed by atoms with E-state index in [2.05, 4.69) is 59.6 Å². The predicted octanol–water partition coefficient (Wildman–Crippen LogP) is 5.21. The van der Waals surface area contributed by atoms with Crippen LogP contribution in [0.1, 0.15) is 110 Å². The Kier molecular flexibility index (Phi) is 30.2. The smallest absolute Gasteiger partial charge is 1.00 e. The number of benzene rings is 4. The maximum atomic E-state index is 12.4. The molecule has 1 N–H and O–H groups in total. The number of halogens is 6. The molecule has 1 aliphatic rings. The molecule has 4 aromatic carbocycles. The molecule has 0 amide bonds. The maximum absolute atomic E-state index is 12.4. The Morgan fingerprint density at radius 1 is 0.722 bits per heavy atom. The summed E-state index contributed by atoms with van der Waals surface area (Å²) in [6, 6.07) is 27.1. The molecule has 0 bridgehead atoms. The number of esters is 2. The fourth-order valence-electron chi connectivity index (χ4n) is 6.89. The summed E-state index contributed by atoms with van der Waals surface area (Å²) in [7, 11) is 0. The molecule has 376 valence electrons. The molecule has 7 rings (SSSR count). The van der Waals surface area contributed by atoms with Gasteiger partial charge in [-0.15, -0.1) is 11.1 Å². The minimum Gasteiger partial charge on any atom is -1.00 e. The number of aldehydes is 1. The zero-order valence-corrected chi connectivity index (χ0v) is 47.9. The third kappa shape index (κ3) is 20.5. The zero-order valence-electron chi connectivity index (χ0n) is 40.3. The van der Waals surface area contributed by atoms with Crippen LogP contribution in [0.4, 0.5) is 11.4 Å². The topological polar surface area (TPSA) is 217 Å². The van der Waals surface area contributed by atoms with E-state index >= 15 is 0 Å². The molecular formula is C49H48Br2Cl4LiMgN3O12. The average Bonchev–Trinajstić information content (AvgIpc) is 3.96. The summed E-state index contributed by atoms with van der Waals surface area (Å²) in [6.45, 7) is 12.7. The Morgan fingerprint density at radius 2 is 1.19 bits per heavy atom. The molecule has 15 nitrogen and oxygen atoms in total.